The van der Waals surface area contributed by atoms with Gasteiger partial charge < -0.3 is 9.47 Å². The van der Waals surface area contributed by atoms with E-state index in [-0.39, 0.29) is 0 Å². The van der Waals surface area contributed by atoms with Crippen molar-refractivity contribution in [2.45, 2.75) is 26.4 Å². The summed E-state index contributed by atoms with van der Waals surface area (Å²) in [5.74, 6) is 0.662. The molecule has 6 nitrogen and oxygen atoms in total. The lowest BCUT2D eigenvalue weighted by Gasteiger charge is -2.19. The Bertz CT molecular complexity index is 642. The Hall–Kier alpha value is -2.02. The van der Waals surface area contributed by atoms with E-state index in [1.54, 1.807) is 39.0 Å². The van der Waals surface area contributed by atoms with Gasteiger partial charge in [-0.25, -0.2) is 9.78 Å². The normalized spacial score (nSPS) is 11.0. The summed E-state index contributed by atoms with van der Waals surface area (Å²) < 4.78 is 11.2. The first kappa shape index (κ1) is 15.4. The third kappa shape index (κ3) is 4.49. The average molecular weight is 352 g/mol. The molecule has 0 atom stereocenters. The molecular weight excluding hydrogens is 338 g/mol. The molecule has 2 rings (SSSR count). The molecule has 1 heterocycles. The number of carbonyl (C=O) groups excluding carboxylic acids is 1. The second kappa shape index (κ2) is 6.17. The number of nitrogens with zero attached hydrogens (tertiary/aromatic N) is 3. The highest BCUT2D eigenvalue weighted by molar-refractivity contribution is 9.10. The summed E-state index contributed by atoms with van der Waals surface area (Å²) in [7, 11) is 0. The average Bonchev–Trinajstić information content (AvgIpc) is 2.37. The van der Waals surface area contributed by atoms with Crippen LogP contribution in [-0.2, 0) is 4.74 Å². The van der Waals surface area contributed by atoms with Crippen LogP contribution < -0.4 is 4.74 Å². The van der Waals surface area contributed by atoms with Gasteiger partial charge in [0, 0.05) is 10.7 Å². The highest BCUT2D eigenvalue weighted by Crippen LogP contribution is 2.30. The first-order valence-electron chi connectivity index (χ1n) is 6.19. The Morgan fingerprint density at radius 3 is 2.62 bits per heavy atom. The lowest BCUT2D eigenvalue weighted by atomic mass is 10.2. The molecular formula is C14H14BrN3O3. The standard InChI is InChI=1S/C14H14BrN3O3/c1-14(2,3)21-13(19)20-11-8-9(15)4-5-10(11)12-16-6-7-17-18-12/h4-8H,1-3H3. The molecule has 1 aromatic heterocycles. The van der Waals surface area contributed by atoms with E-state index in [0.29, 0.717) is 17.1 Å². The molecule has 0 radical (unpaired) electrons. The first-order chi connectivity index (χ1) is 9.85. The van der Waals surface area contributed by atoms with Crippen LogP contribution in [0.1, 0.15) is 20.8 Å². The second-order valence-electron chi connectivity index (χ2n) is 5.17. The van der Waals surface area contributed by atoms with Gasteiger partial charge in [-0.1, -0.05) is 15.9 Å². The number of benzene rings is 1. The SMILES string of the molecule is CC(C)(C)OC(=O)Oc1cc(Br)ccc1-c1nccnn1. The van der Waals surface area contributed by atoms with Gasteiger partial charge in [0.1, 0.15) is 11.4 Å². The fourth-order valence-corrected chi connectivity index (χ4v) is 1.84. The van der Waals surface area contributed by atoms with Gasteiger partial charge in [-0.3, -0.25) is 0 Å². The molecule has 0 saturated heterocycles. The first-order valence-corrected chi connectivity index (χ1v) is 6.99. The van der Waals surface area contributed by atoms with Crippen molar-refractivity contribution in [2.24, 2.45) is 0 Å². The minimum absolute atomic E-state index is 0.298. The topological polar surface area (TPSA) is 74.2 Å². The molecule has 0 fully saturated rings. The Kier molecular flexibility index (Phi) is 4.52. The second-order valence-corrected chi connectivity index (χ2v) is 6.09. The van der Waals surface area contributed by atoms with Crippen LogP contribution in [0.4, 0.5) is 4.79 Å². The fourth-order valence-electron chi connectivity index (χ4n) is 1.50. The maximum absolute atomic E-state index is 11.8. The van der Waals surface area contributed by atoms with Crippen molar-refractivity contribution < 1.29 is 14.3 Å². The van der Waals surface area contributed by atoms with Crippen molar-refractivity contribution in [3.05, 3.63) is 35.1 Å². The van der Waals surface area contributed by atoms with E-state index >= 15 is 0 Å². The molecule has 0 bridgehead atoms. The quantitative estimate of drug-likeness (QED) is 0.607. The molecule has 0 aliphatic heterocycles. The van der Waals surface area contributed by atoms with Crippen LogP contribution in [0.2, 0.25) is 0 Å². The Morgan fingerprint density at radius 2 is 2.00 bits per heavy atom. The largest absolute Gasteiger partial charge is 0.514 e. The van der Waals surface area contributed by atoms with Gasteiger partial charge in [-0.05, 0) is 39.0 Å². The molecule has 0 unspecified atom stereocenters. The minimum Gasteiger partial charge on any atom is -0.428 e. The summed E-state index contributed by atoms with van der Waals surface area (Å²) in [5, 5.41) is 7.68. The summed E-state index contributed by atoms with van der Waals surface area (Å²) in [5.41, 5.74) is -0.0780. The molecule has 0 amide bonds. The van der Waals surface area contributed by atoms with E-state index in [4.69, 9.17) is 9.47 Å². The molecule has 1 aromatic carbocycles. The summed E-state index contributed by atoms with van der Waals surface area (Å²) >= 11 is 3.33. The van der Waals surface area contributed by atoms with Crippen molar-refractivity contribution in [3.8, 4) is 17.1 Å². The van der Waals surface area contributed by atoms with E-state index in [0.717, 1.165) is 4.47 Å². The lowest BCUT2D eigenvalue weighted by molar-refractivity contribution is 0.0207. The van der Waals surface area contributed by atoms with E-state index in [1.807, 2.05) is 0 Å². The highest BCUT2D eigenvalue weighted by atomic mass is 79.9. The maximum Gasteiger partial charge on any atom is 0.514 e. The summed E-state index contributed by atoms with van der Waals surface area (Å²) in [4.78, 5) is 15.9. The number of aromatic nitrogens is 3. The summed E-state index contributed by atoms with van der Waals surface area (Å²) in [6, 6.07) is 5.18. The van der Waals surface area contributed by atoms with Crippen LogP contribution in [0.5, 0.6) is 5.75 Å². The number of hydrogen-bond acceptors (Lipinski definition) is 6. The Morgan fingerprint density at radius 1 is 1.24 bits per heavy atom. The number of ether oxygens (including phenoxy) is 2. The third-order valence-electron chi connectivity index (χ3n) is 2.25. The van der Waals surface area contributed by atoms with Crippen LogP contribution in [-0.4, -0.2) is 26.9 Å². The van der Waals surface area contributed by atoms with E-state index in [1.165, 1.54) is 12.4 Å². The smallest absolute Gasteiger partial charge is 0.428 e. The van der Waals surface area contributed by atoms with Gasteiger partial charge in [0.05, 0.1) is 11.8 Å². The predicted octanol–water partition coefficient (Wildman–Crippen LogP) is 3.62. The molecule has 0 N–H and O–H groups in total. The van der Waals surface area contributed by atoms with Crippen LogP contribution in [0.15, 0.2) is 35.1 Å². The molecule has 0 aliphatic rings. The van der Waals surface area contributed by atoms with Crippen LogP contribution in [0.25, 0.3) is 11.4 Å². The molecule has 110 valence electrons. The van der Waals surface area contributed by atoms with Crippen LogP contribution >= 0.6 is 15.9 Å². The predicted molar refractivity (Wildman–Crippen MR) is 79.8 cm³/mol. The lowest BCUT2D eigenvalue weighted by Crippen LogP contribution is -2.26. The Labute approximate surface area is 130 Å². The van der Waals surface area contributed by atoms with Gasteiger partial charge >= 0.3 is 6.16 Å². The highest BCUT2D eigenvalue weighted by Gasteiger charge is 2.20. The molecule has 0 spiro atoms. The van der Waals surface area contributed by atoms with Crippen molar-refractivity contribution in [3.63, 3.8) is 0 Å². The van der Waals surface area contributed by atoms with Crippen LogP contribution in [0, 0.1) is 0 Å². The number of halogens is 1. The van der Waals surface area contributed by atoms with Gasteiger partial charge in [0.2, 0.25) is 0 Å². The monoisotopic (exact) mass is 351 g/mol. The third-order valence-corrected chi connectivity index (χ3v) is 2.74. The number of carbonyl (C=O) groups is 1. The van der Waals surface area contributed by atoms with Crippen LogP contribution in [0.3, 0.4) is 0 Å². The minimum atomic E-state index is -0.786. The van der Waals surface area contributed by atoms with E-state index < -0.39 is 11.8 Å². The zero-order valence-electron chi connectivity index (χ0n) is 11.8. The fraction of sp³-hybridized carbons (Fsp3) is 0.286. The van der Waals surface area contributed by atoms with Crippen molar-refractivity contribution in [1.82, 2.24) is 15.2 Å². The summed E-state index contributed by atoms with van der Waals surface area (Å²) in [6.45, 7) is 5.29. The number of hydrogen-bond donors (Lipinski definition) is 0. The van der Waals surface area contributed by atoms with Gasteiger partial charge in [-0.2, -0.15) is 5.10 Å². The summed E-state index contributed by atoms with van der Waals surface area (Å²) in [6.07, 6.45) is 2.20. The molecule has 7 heteroatoms. The maximum atomic E-state index is 11.8. The molecule has 0 aliphatic carbocycles. The van der Waals surface area contributed by atoms with Gasteiger partial charge in [0.25, 0.3) is 0 Å². The van der Waals surface area contributed by atoms with E-state index in [2.05, 4.69) is 31.1 Å². The van der Waals surface area contributed by atoms with Crippen molar-refractivity contribution in [2.75, 3.05) is 0 Å². The van der Waals surface area contributed by atoms with Gasteiger partial charge in [0.15, 0.2) is 5.82 Å². The van der Waals surface area contributed by atoms with Gasteiger partial charge in [-0.15, -0.1) is 5.10 Å². The van der Waals surface area contributed by atoms with E-state index in [9.17, 15) is 4.79 Å². The van der Waals surface area contributed by atoms with Crippen molar-refractivity contribution in [1.29, 1.82) is 0 Å². The Balaban J connectivity index is 2.30. The zero-order valence-corrected chi connectivity index (χ0v) is 13.4. The number of rotatable bonds is 2. The molecule has 21 heavy (non-hydrogen) atoms. The molecule has 2 aromatic rings. The zero-order chi connectivity index (χ0) is 15.5. The van der Waals surface area contributed by atoms with Crippen molar-refractivity contribution >= 4 is 22.1 Å². The molecule has 0 saturated carbocycles.